The van der Waals surface area contributed by atoms with Crippen molar-refractivity contribution in [1.82, 2.24) is 9.78 Å². The fourth-order valence-corrected chi connectivity index (χ4v) is 1.99. The molecule has 0 aliphatic heterocycles. The Balaban J connectivity index is 2.60. The number of benzene rings is 1. The second-order valence-electron chi connectivity index (χ2n) is 4.19. The fraction of sp³-hybridized carbons (Fsp3) is 0.286. The summed E-state index contributed by atoms with van der Waals surface area (Å²) in [5, 5.41) is 4.26. The van der Waals surface area contributed by atoms with E-state index in [0.717, 1.165) is 12.0 Å². The van der Waals surface area contributed by atoms with Crippen LogP contribution in [0.4, 0.5) is 5.82 Å². The third-order valence-electron chi connectivity index (χ3n) is 2.87. The van der Waals surface area contributed by atoms with E-state index in [2.05, 4.69) is 5.10 Å². The number of nitrogens with two attached hydrogens (primary N) is 1. The zero-order valence-electron chi connectivity index (χ0n) is 11.1. The molecular weight excluding hydrogens is 242 g/mol. The van der Waals surface area contributed by atoms with Gasteiger partial charge in [0.15, 0.2) is 5.69 Å². The average molecular weight is 259 g/mol. The molecule has 5 nitrogen and oxygen atoms in total. The number of rotatable bonds is 4. The van der Waals surface area contributed by atoms with E-state index in [1.807, 2.05) is 37.3 Å². The number of esters is 1. The number of methoxy groups -OCH3 is 1. The van der Waals surface area contributed by atoms with Crippen molar-refractivity contribution in [3.05, 3.63) is 36.0 Å². The molecule has 100 valence electrons. The highest BCUT2D eigenvalue weighted by molar-refractivity contribution is 5.98. The van der Waals surface area contributed by atoms with Gasteiger partial charge in [-0.05, 0) is 12.0 Å². The van der Waals surface area contributed by atoms with Gasteiger partial charge in [-0.2, -0.15) is 5.10 Å². The highest BCUT2D eigenvalue weighted by Gasteiger charge is 2.22. The molecule has 0 saturated carbocycles. The standard InChI is InChI=1S/C14H17N3O2/c1-3-9-17-13(15)11(10-7-5-4-6-8-10)12(16-17)14(18)19-2/h4-8H,3,9,15H2,1-2H3. The molecule has 2 N–H and O–H groups in total. The third-order valence-corrected chi connectivity index (χ3v) is 2.87. The van der Waals surface area contributed by atoms with E-state index in [4.69, 9.17) is 10.5 Å². The maximum atomic E-state index is 11.8. The molecule has 2 aromatic rings. The van der Waals surface area contributed by atoms with Crippen molar-refractivity contribution in [2.45, 2.75) is 19.9 Å². The van der Waals surface area contributed by atoms with E-state index in [0.29, 0.717) is 17.9 Å². The van der Waals surface area contributed by atoms with Crippen molar-refractivity contribution in [1.29, 1.82) is 0 Å². The zero-order valence-corrected chi connectivity index (χ0v) is 11.1. The summed E-state index contributed by atoms with van der Waals surface area (Å²) in [5.74, 6) is 0.0221. The fourth-order valence-electron chi connectivity index (χ4n) is 1.99. The lowest BCUT2D eigenvalue weighted by Gasteiger charge is -2.03. The number of nitrogen functional groups attached to an aromatic ring is 1. The number of aromatic nitrogens is 2. The lowest BCUT2D eigenvalue weighted by molar-refractivity contribution is 0.0594. The first-order valence-electron chi connectivity index (χ1n) is 6.19. The number of hydrogen-bond acceptors (Lipinski definition) is 4. The maximum Gasteiger partial charge on any atom is 0.359 e. The summed E-state index contributed by atoms with van der Waals surface area (Å²) in [6, 6.07) is 9.50. The zero-order chi connectivity index (χ0) is 13.8. The Morgan fingerprint density at radius 1 is 1.37 bits per heavy atom. The largest absolute Gasteiger partial charge is 0.464 e. The van der Waals surface area contributed by atoms with Gasteiger partial charge in [-0.25, -0.2) is 9.48 Å². The molecule has 0 bridgehead atoms. The molecule has 0 aliphatic carbocycles. The predicted molar refractivity (Wildman–Crippen MR) is 73.7 cm³/mol. The normalized spacial score (nSPS) is 10.4. The Bertz CT molecular complexity index is 576. The lowest BCUT2D eigenvalue weighted by Crippen LogP contribution is -2.06. The summed E-state index contributed by atoms with van der Waals surface area (Å²) >= 11 is 0. The first-order chi connectivity index (χ1) is 9.19. The van der Waals surface area contributed by atoms with Crippen LogP contribution in [-0.4, -0.2) is 22.9 Å². The molecule has 0 amide bonds. The minimum absolute atomic E-state index is 0.264. The summed E-state index contributed by atoms with van der Waals surface area (Å²) in [4.78, 5) is 11.8. The van der Waals surface area contributed by atoms with Gasteiger partial charge in [0.25, 0.3) is 0 Å². The molecule has 0 saturated heterocycles. The Labute approximate surface area is 112 Å². The van der Waals surface area contributed by atoms with Crippen LogP contribution in [-0.2, 0) is 11.3 Å². The van der Waals surface area contributed by atoms with Crippen LogP contribution in [0.3, 0.4) is 0 Å². The SMILES string of the molecule is CCCn1nc(C(=O)OC)c(-c2ccccc2)c1N. The molecule has 0 radical (unpaired) electrons. The minimum Gasteiger partial charge on any atom is -0.464 e. The van der Waals surface area contributed by atoms with E-state index in [9.17, 15) is 4.79 Å². The molecule has 0 aliphatic rings. The van der Waals surface area contributed by atoms with Crippen LogP contribution < -0.4 is 5.73 Å². The van der Waals surface area contributed by atoms with Crippen LogP contribution in [0.1, 0.15) is 23.8 Å². The van der Waals surface area contributed by atoms with Crippen molar-refractivity contribution < 1.29 is 9.53 Å². The van der Waals surface area contributed by atoms with Crippen LogP contribution in [0.25, 0.3) is 11.1 Å². The first-order valence-corrected chi connectivity index (χ1v) is 6.19. The number of anilines is 1. The monoisotopic (exact) mass is 259 g/mol. The molecule has 1 aromatic heterocycles. The molecule has 5 heteroatoms. The molecule has 2 rings (SSSR count). The van der Waals surface area contributed by atoms with E-state index in [-0.39, 0.29) is 5.69 Å². The number of hydrogen-bond donors (Lipinski definition) is 1. The van der Waals surface area contributed by atoms with Gasteiger partial charge in [0.05, 0.1) is 12.7 Å². The van der Waals surface area contributed by atoms with Crippen LogP contribution in [0.5, 0.6) is 0 Å². The predicted octanol–water partition coefficient (Wildman–Crippen LogP) is 2.33. The number of aryl methyl sites for hydroxylation is 1. The van der Waals surface area contributed by atoms with E-state index >= 15 is 0 Å². The van der Waals surface area contributed by atoms with E-state index < -0.39 is 5.97 Å². The van der Waals surface area contributed by atoms with Crippen molar-refractivity contribution in [2.24, 2.45) is 0 Å². The van der Waals surface area contributed by atoms with Crippen molar-refractivity contribution in [2.75, 3.05) is 12.8 Å². The van der Waals surface area contributed by atoms with Crippen LogP contribution in [0.15, 0.2) is 30.3 Å². The molecule has 0 fully saturated rings. The molecular formula is C14H17N3O2. The lowest BCUT2D eigenvalue weighted by atomic mass is 10.1. The number of ether oxygens (including phenoxy) is 1. The van der Waals surface area contributed by atoms with Crippen molar-refractivity contribution >= 4 is 11.8 Å². The quantitative estimate of drug-likeness (QED) is 0.855. The maximum absolute atomic E-state index is 11.8. The summed E-state index contributed by atoms with van der Waals surface area (Å²) in [5.41, 5.74) is 7.87. The molecule has 0 atom stereocenters. The number of nitrogens with zero attached hydrogens (tertiary/aromatic N) is 2. The summed E-state index contributed by atoms with van der Waals surface area (Å²) < 4.78 is 6.42. The summed E-state index contributed by atoms with van der Waals surface area (Å²) in [6.07, 6.45) is 0.890. The van der Waals surface area contributed by atoms with Crippen molar-refractivity contribution in [3.8, 4) is 11.1 Å². The molecule has 1 heterocycles. The highest BCUT2D eigenvalue weighted by atomic mass is 16.5. The average Bonchev–Trinajstić information content (AvgIpc) is 2.77. The van der Waals surface area contributed by atoms with Crippen molar-refractivity contribution in [3.63, 3.8) is 0 Å². The number of carbonyl (C=O) groups is 1. The molecule has 0 spiro atoms. The minimum atomic E-state index is -0.472. The molecule has 19 heavy (non-hydrogen) atoms. The summed E-state index contributed by atoms with van der Waals surface area (Å²) in [7, 11) is 1.34. The van der Waals surface area contributed by atoms with Gasteiger partial charge in [-0.3, -0.25) is 0 Å². The first kappa shape index (κ1) is 13.1. The van der Waals surface area contributed by atoms with Gasteiger partial charge in [0, 0.05) is 6.54 Å². The van der Waals surface area contributed by atoms with Gasteiger partial charge in [0.2, 0.25) is 0 Å². The van der Waals surface area contributed by atoms with Gasteiger partial charge in [0.1, 0.15) is 5.82 Å². The third kappa shape index (κ3) is 2.45. The number of carbonyl (C=O) groups excluding carboxylic acids is 1. The Kier molecular flexibility index (Phi) is 3.85. The topological polar surface area (TPSA) is 70.1 Å². The van der Waals surface area contributed by atoms with Gasteiger partial charge in [-0.15, -0.1) is 0 Å². The Morgan fingerprint density at radius 2 is 2.05 bits per heavy atom. The van der Waals surface area contributed by atoms with E-state index in [1.165, 1.54) is 7.11 Å². The van der Waals surface area contributed by atoms with Crippen LogP contribution >= 0.6 is 0 Å². The second-order valence-corrected chi connectivity index (χ2v) is 4.19. The van der Waals surface area contributed by atoms with Crippen LogP contribution in [0, 0.1) is 0 Å². The van der Waals surface area contributed by atoms with Crippen LogP contribution in [0.2, 0.25) is 0 Å². The van der Waals surface area contributed by atoms with Gasteiger partial charge >= 0.3 is 5.97 Å². The van der Waals surface area contributed by atoms with Gasteiger partial charge < -0.3 is 10.5 Å². The Morgan fingerprint density at radius 3 is 2.63 bits per heavy atom. The summed E-state index contributed by atoms with van der Waals surface area (Å²) in [6.45, 7) is 2.70. The van der Waals surface area contributed by atoms with E-state index in [1.54, 1.807) is 4.68 Å². The molecule has 1 aromatic carbocycles. The smallest absolute Gasteiger partial charge is 0.359 e. The Hall–Kier alpha value is -2.30. The molecule has 0 unspecified atom stereocenters. The highest BCUT2D eigenvalue weighted by Crippen LogP contribution is 2.30. The second kappa shape index (κ2) is 5.56. The van der Waals surface area contributed by atoms with Gasteiger partial charge in [-0.1, -0.05) is 37.3 Å².